The number of benzene rings is 2. The molecule has 0 atom stereocenters. The Bertz CT molecular complexity index is 1330. The van der Waals surface area contributed by atoms with Crippen molar-refractivity contribution in [3.8, 4) is 11.4 Å². The molecule has 2 heterocycles. The summed E-state index contributed by atoms with van der Waals surface area (Å²) in [6.45, 7) is 1.74. The summed E-state index contributed by atoms with van der Waals surface area (Å²) in [5, 5.41) is 7.08. The molecule has 34 heavy (non-hydrogen) atoms. The minimum Gasteiger partial charge on any atom is -0.360 e. The van der Waals surface area contributed by atoms with Gasteiger partial charge in [0, 0.05) is 17.7 Å². The zero-order valence-electron chi connectivity index (χ0n) is 18.9. The van der Waals surface area contributed by atoms with Crippen LogP contribution in [-0.2, 0) is 0 Å². The summed E-state index contributed by atoms with van der Waals surface area (Å²) in [6.07, 6.45) is 5.46. The Morgan fingerprint density at radius 1 is 1.09 bits per heavy atom. The molecule has 9 nitrogen and oxygen atoms in total. The lowest BCUT2D eigenvalue weighted by Crippen LogP contribution is -2.39. The number of aryl methyl sites for hydroxylation is 1. The number of hydrogen-bond acceptors (Lipinski definition) is 5. The summed E-state index contributed by atoms with van der Waals surface area (Å²) < 4.78 is 6.72. The minimum absolute atomic E-state index is 0.174. The number of imidazole rings is 1. The molecule has 0 aliphatic heterocycles. The lowest BCUT2D eigenvalue weighted by Gasteiger charge is -2.23. The Balaban J connectivity index is 1.51. The molecule has 9 heteroatoms. The van der Waals surface area contributed by atoms with Crippen molar-refractivity contribution in [2.75, 3.05) is 4.90 Å². The van der Waals surface area contributed by atoms with Crippen LogP contribution in [0.5, 0.6) is 0 Å². The van der Waals surface area contributed by atoms with Gasteiger partial charge in [-0.3, -0.25) is 0 Å². The number of carbonyl (C=O) groups excluding carboxylic acids is 2. The number of nitrogens with one attached hydrogen (secondary N) is 1. The van der Waals surface area contributed by atoms with Gasteiger partial charge in [0.05, 0.1) is 16.7 Å². The van der Waals surface area contributed by atoms with Crippen LogP contribution < -0.4 is 16.0 Å². The van der Waals surface area contributed by atoms with Gasteiger partial charge in [0.2, 0.25) is 0 Å². The van der Waals surface area contributed by atoms with Crippen LogP contribution in [0.1, 0.15) is 37.9 Å². The molecule has 174 valence electrons. The van der Waals surface area contributed by atoms with Crippen LogP contribution >= 0.6 is 0 Å². The number of aromatic nitrogens is 3. The number of rotatable bonds is 4. The zero-order valence-corrected chi connectivity index (χ0v) is 18.9. The van der Waals surface area contributed by atoms with Crippen LogP contribution in [0.3, 0.4) is 0 Å². The highest BCUT2D eigenvalue weighted by molar-refractivity contribution is 5.98. The molecule has 3 N–H and O–H groups in total. The van der Waals surface area contributed by atoms with Crippen LogP contribution in [0, 0.1) is 6.92 Å². The second kappa shape index (κ2) is 9.01. The Morgan fingerprint density at radius 3 is 2.50 bits per heavy atom. The van der Waals surface area contributed by atoms with E-state index in [4.69, 9.17) is 15.2 Å². The van der Waals surface area contributed by atoms with Gasteiger partial charge in [0.1, 0.15) is 11.6 Å². The van der Waals surface area contributed by atoms with E-state index in [-0.39, 0.29) is 12.1 Å². The molecular weight excluding hydrogens is 432 g/mol. The first-order chi connectivity index (χ1) is 16.5. The van der Waals surface area contributed by atoms with Gasteiger partial charge in [0.15, 0.2) is 5.82 Å². The maximum absolute atomic E-state index is 13.4. The van der Waals surface area contributed by atoms with E-state index in [1.807, 2.05) is 36.4 Å². The van der Waals surface area contributed by atoms with Crippen LogP contribution in [0.15, 0.2) is 59.1 Å². The van der Waals surface area contributed by atoms with Gasteiger partial charge < -0.3 is 15.6 Å². The van der Waals surface area contributed by atoms with E-state index in [0.717, 1.165) is 42.3 Å². The molecule has 2 aromatic carbocycles. The topological polar surface area (TPSA) is 119 Å². The molecule has 5 rings (SSSR count). The summed E-state index contributed by atoms with van der Waals surface area (Å²) in [5.41, 5.74) is 8.34. The maximum Gasteiger partial charge on any atom is 0.328 e. The van der Waals surface area contributed by atoms with Gasteiger partial charge >= 0.3 is 12.1 Å². The van der Waals surface area contributed by atoms with Crippen LogP contribution in [0.2, 0.25) is 0 Å². The van der Waals surface area contributed by atoms with Crippen LogP contribution in [-0.4, -0.2) is 32.8 Å². The molecule has 0 radical (unpaired) electrons. The predicted octanol–water partition coefficient (Wildman–Crippen LogP) is 5.11. The van der Waals surface area contributed by atoms with Crippen molar-refractivity contribution in [2.24, 2.45) is 5.73 Å². The fourth-order valence-electron chi connectivity index (χ4n) is 4.50. The Labute approximate surface area is 196 Å². The van der Waals surface area contributed by atoms with Crippen LogP contribution in [0.4, 0.5) is 21.1 Å². The van der Waals surface area contributed by atoms with Crippen molar-refractivity contribution in [3.05, 3.63) is 60.4 Å². The van der Waals surface area contributed by atoms with Gasteiger partial charge in [-0.05, 0) is 56.2 Å². The lowest BCUT2D eigenvalue weighted by atomic mass is 9.96. The standard InChI is InChI=1S/C25H26N6O3/c1-16-15-22(29-34-16)30(24(26)32)19-13-11-17(12-14-19)23-28-20-9-5-6-10-21(20)31(23)25(33)27-18-7-3-2-4-8-18/h5-6,9-15,18H,2-4,7-8H2,1H3,(H2,26,32)(H,27,33). The zero-order chi connectivity index (χ0) is 23.7. The molecule has 1 aliphatic rings. The molecule has 1 saturated carbocycles. The third kappa shape index (κ3) is 4.12. The van der Waals surface area contributed by atoms with E-state index in [0.29, 0.717) is 23.1 Å². The predicted molar refractivity (Wildman–Crippen MR) is 129 cm³/mol. The summed E-state index contributed by atoms with van der Waals surface area (Å²) in [4.78, 5) is 31.5. The van der Waals surface area contributed by atoms with Crippen molar-refractivity contribution >= 4 is 34.6 Å². The smallest absolute Gasteiger partial charge is 0.328 e. The molecule has 0 bridgehead atoms. The Morgan fingerprint density at radius 2 is 1.82 bits per heavy atom. The molecule has 3 amide bonds. The van der Waals surface area contributed by atoms with E-state index >= 15 is 0 Å². The Hall–Kier alpha value is -4.14. The monoisotopic (exact) mass is 458 g/mol. The number of anilines is 2. The number of carbonyl (C=O) groups is 2. The van der Waals surface area contributed by atoms with Crippen molar-refractivity contribution in [3.63, 3.8) is 0 Å². The van der Waals surface area contributed by atoms with Gasteiger partial charge in [0.25, 0.3) is 0 Å². The Kier molecular flexibility index (Phi) is 5.75. The number of fused-ring (bicyclic) bond motifs is 1. The fraction of sp³-hybridized carbons (Fsp3) is 0.280. The summed E-state index contributed by atoms with van der Waals surface area (Å²) >= 11 is 0. The summed E-state index contributed by atoms with van der Waals surface area (Å²) in [7, 11) is 0. The van der Waals surface area contributed by atoms with Crippen molar-refractivity contribution < 1.29 is 14.1 Å². The van der Waals surface area contributed by atoms with E-state index in [1.165, 1.54) is 11.3 Å². The summed E-state index contributed by atoms with van der Waals surface area (Å²) in [6, 6.07) is 15.6. The number of hydrogen-bond donors (Lipinski definition) is 2. The number of para-hydroxylation sites is 2. The molecular formula is C25H26N6O3. The van der Waals surface area contributed by atoms with Gasteiger partial charge in [-0.25, -0.2) is 24.0 Å². The second-order valence-electron chi connectivity index (χ2n) is 8.56. The maximum atomic E-state index is 13.4. The highest BCUT2D eigenvalue weighted by Crippen LogP contribution is 2.30. The molecule has 2 aromatic heterocycles. The van der Waals surface area contributed by atoms with Gasteiger partial charge in [-0.15, -0.1) is 0 Å². The quantitative estimate of drug-likeness (QED) is 0.441. The minimum atomic E-state index is -0.680. The third-order valence-electron chi connectivity index (χ3n) is 6.15. The van der Waals surface area contributed by atoms with E-state index in [9.17, 15) is 9.59 Å². The SMILES string of the molecule is Cc1cc(N(C(N)=O)c2ccc(-c3nc4ccccc4n3C(=O)NC3CCCCC3)cc2)no1. The normalized spacial score (nSPS) is 14.3. The number of primary amides is 1. The molecule has 1 fully saturated rings. The highest BCUT2D eigenvalue weighted by atomic mass is 16.5. The molecule has 0 spiro atoms. The van der Waals surface area contributed by atoms with E-state index < -0.39 is 6.03 Å². The van der Waals surface area contributed by atoms with E-state index in [1.54, 1.807) is 29.7 Å². The molecule has 0 unspecified atom stereocenters. The average molecular weight is 459 g/mol. The molecule has 4 aromatic rings. The average Bonchev–Trinajstić information content (AvgIpc) is 3.44. The molecule has 1 aliphatic carbocycles. The third-order valence-corrected chi connectivity index (χ3v) is 6.15. The van der Waals surface area contributed by atoms with Gasteiger partial charge in [-0.1, -0.05) is 36.6 Å². The number of urea groups is 1. The van der Waals surface area contributed by atoms with E-state index in [2.05, 4.69) is 10.5 Å². The number of nitrogens with two attached hydrogens (primary N) is 1. The fourth-order valence-corrected chi connectivity index (χ4v) is 4.50. The number of amides is 3. The van der Waals surface area contributed by atoms with Crippen molar-refractivity contribution in [1.82, 2.24) is 20.0 Å². The van der Waals surface area contributed by atoms with Crippen LogP contribution in [0.25, 0.3) is 22.4 Å². The second-order valence-corrected chi connectivity index (χ2v) is 8.56. The first-order valence-electron chi connectivity index (χ1n) is 11.4. The molecule has 0 saturated heterocycles. The summed E-state index contributed by atoms with van der Waals surface area (Å²) in [5.74, 6) is 1.40. The first kappa shape index (κ1) is 21.7. The van der Waals surface area contributed by atoms with Crippen molar-refractivity contribution in [2.45, 2.75) is 45.1 Å². The largest absolute Gasteiger partial charge is 0.360 e. The number of nitrogens with zero attached hydrogens (tertiary/aromatic N) is 4. The van der Waals surface area contributed by atoms with Crippen molar-refractivity contribution in [1.29, 1.82) is 0 Å². The highest BCUT2D eigenvalue weighted by Gasteiger charge is 2.23. The first-order valence-corrected chi connectivity index (χ1v) is 11.4. The lowest BCUT2D eigenvalue weighted by molar-refractivity contribution is 0.235. The van der Waals surface area contributed by atoms with Gasteiger partial charge in [-0.2, -0.15) is 0 Å².